The van der Waals surface area contributed by atoms with Crippen LogP contribution >= 0.6 is 0 Å². The van der Waals surface area contributed by atoms with E-state index in [-0.39, 0.29) is 11.5 Å². The largest absolute Gasteiger partial charge is 0.495 e. The van der Waals surface area contributed by atoms with Crippen molar-refractivity contribution in [1.82, 2.24) is 0 Å². The minimum Gasteiger partial charge on any atom is -0.495 e. The quantitative estimate of drug-likeness (QED) is 0.372. The van der Waals surface area contributed by atoms with Gasteiger partial charge in [-0.1, -0.05) is 50.8 Å². The molecule has 27 heavy (non-hydrogen) atoms. The average molecular weight is 367 g/mol. The van der Waals surface area contributed by atoms with Crippen molar-refractivity contribution in [3.8, 4) is 5.75 Å². The molecule has 0 bridgehead atoms. The highest BCUT2D eigenvalue weighted by Gasteiger charge is 2.38. The molecule has 2 heteroatoms. The van der Waals surface area contributed by atoms with Gasteiger partial charge in [-0.05, 0) is 74.6 Å². The summed E-state index contributed by atoms with van der Waals surface area (Å²) in [4.78, 5) is 0. The maximum absolute atomic E-state index is 6.27. The molecule has 2 saturated carbocycles. The zero-order valence-corrected chi connectivity index (χ0v) is 17.1. The molecule has 1 aromatic rings. The van der Waals surface area contributed by atoms with E-state index in [4.69, 9.17) is 9.47 Å². The molecule has 2 unspecified atom stereocenters. The molecule has 2 fully saturated rings. The fourth-order valence-corrected chi connectivity index (χ4v) is 3.98. The molecular weight excluding hydrogens is 332 g/mol. The van der Waals surface area contributed by atoms with Gasteiger partial charge in [-0.15, -0.1) is 0 Å². The van der Waals surface area contributed by atoms with Crippen molar-refractivity contribution in [2.24, 2.45) is 11.3 Å². The van der Waals surface area contributed by atoms with E-state index in [0.29, 0.717) is 5.92 Å². The van der Waals surface area contributed by atoms with Gasteiger partial charge in [-0.25, -0.2) is 0 Å². The molecule has 146 valence electrons. The third kappa shape index (κ3) is 5.76. The number of ether oxygens (including phenoxy) is 2. The lowest BCUT2D eigenvalue weighted by Crippen LogP contribution is -2.37. The third-order valence-electron chi connectivity index (χ3n) is 5.86. The van der Waals surface area contributed by atoms with Crippen LogP contribution in [0.4, 0.5) is 0 Å². The molecule has 0 radical (unpaired) electrons. The summed E-state index contributed by atoms with van der Waals surface area (Å²) >= 11 is 0. The van der Waals surface area contributed by atoms with Crippen LogP contribution in [0.15, 0.2) is 60.9 Å². The standard InChI is InChI=1S/C25H34O2/c1-5-6-7-8-19(2)27-24-16-13-22(17-25(24,3)4)21-11-14-23(15-12-21)26-18-20-9-10-20/h5-8,11-12,14-15,20,22,24H,1,9-10,13,16-18H2,2-4H3/b7-6-,19-8+. The summed E-state index contributed by atoms with van der Waals surface area (Å²) in [6.07, 6.45) is 14.0. The molecule has 1 aromatic carbocycles. The Balaban J connectivity index is 1.56. The first-order valence-corrected chi connectivity index (χ1v) is 10.3. The van der Waals surface area contributed by atoms with Gasteiger partial charge in [-0.2, -0.15) is 0 Å². The number of benzene rings is 1. The van der Waals surface area contributed by atoms with Crippen molar-refractivity contribution in [3.05, 3.63) is 66.5 Å². The molecule has 0 aromatic heterocycles. The first kappa shape index (κ1) is 19.8. The normalized spacial score (nSPS) is 25.4. The fourth-order valence-electron chi connectivity index (χ4n) is 3.98. The summed E-state index contributed by atoms with van der Waals surface area (Å²) in [5.74, 6) is 3.38. The predicted octanol–water partition coefficient (Wildman–Crippen LogP) is 6.80. The minimum absolute atomic E-state index is 0.154. The average Bonchev–Trinajstić information content (AvgIpc) is 3.46. The zero-order valence-electron chi connectivity index (χ0n) is 17.1. The topological polar surface area (TPSA) is 18.5 Å². The van der Waals surface area contributed by atoms with Crippen LogP contribution in [0.1, 0.15) is 64.4 Å². The Kier molecular flexibility index (Phi) is 6.46. The second-order valence-electron chi connectivity index (χ2n) is 8.79. The van der Waals surface area contributed by atoms with Crippen LogP contribution in [-0.2, 0) is 4.74 Å². The van der Waals surface area contributed by atoms with Crippen molar-refractivity contribution in [3.63, 3.8) is 0 Å². The Morgan fingerprint density at radius 2 is 1.85 bits per heavy atom. The SMILES string of the molecule is C=C/C=C\C=C(/C)OC1CCC(c2ccc(OCC3CC3)cc2)CC1(C)C. The fraction of sp³-hybridized carbons (Fsp3) is 0.520. The van der Waals surface area contributed by atoms with Gasteiger partial charge < -0.3 is 9.47 Å². The Morgan fingerprint density at radius 1 is 1.11 bits per heavy atom. The maximum Gasteiger partial charge on any atom is 0.119 e. The van der Waals surface area contributed by atoms with E-state index in [1.807, 2.05) is 25.2 Å². The smallest absolute Gasteiger partial charge is 0.119 e. The Hall–Kier alpha value is -1.96. The molecule has 0 amide bonds. The lowest BCUT2D eigenvalue weighted by atomic mass is 9.68. The molecule has 2 nitrogen and oxygen atoms in total. The predicted molar refractivity (Wildman–Crippen MR) is 113 cm³/mol. The van der Waals surface area contributed by atoms with Gasteiger partial charge in [0.25, 0.3) is 0 Å². The van der Waals surface area contributed by atoms with Crippen LogP contribution in [0.25, 0.3) is 0 Å². The van der Waals surface area contributed by atoms with Gasteiger partial charge in [0, 0.05) is 5.41 Å². The van der Waals surface area contributed by atoms with Gasteiger partial charge in [0.05, 0.1) is 12.4 Å². The van der Waals surface area contributed by atoms with Gasteiger partial charge >= 0.3 is 0 Å². The highest BCUT2D eigenvalue weighted by Crippen LogP contribution is 2.45. The molecule has 0 saturated heterocycles. The number of hydrogen-bond acceptors (Lipinski definition) is 2. The Bertz CT molecular complexity index is 677. The van der Waals surface area contributed by atoms with Gasteiger partial charge in [0.1, 0.15) is 11.9 Å². The van der Waals surface area contributed by atoms with Crippen molar-refractivity contribution < 1.29 is 9.47 Å². The summed E-state index contributed by atoms with van der Waals surface area (Å²) < 4.78 is 12.1. The van der Waals surface area contributed by atoms with E-state index in [1.54, 1.807) is 6.08 Å². The molecule has 2 atom stereocenters. The Morgan fingerprint density at radius 3 is 2.48 bits per heavy atom. The van der Waals surface area contributed by atoms with Crippen molar-refractivity contribution in [1.29, 1.82) is 0 Å². The van der Waals surface area contributed by atoms with Crippen molar-refractivity contribution in [2.45, 2.75) is 64.9 Å². The summed E-state index contributed by atoms with van der Waals surface area (Å²) in [7, 11) is 0. The lowest BCUT2D eigenvalue weighted by molar-refractivity contribution is -0.0196. The van der Waals surface area contributed by atoms with Crippen LogP contribution in [0.5, 0.6) is 5.75 Å². The summed E-state index contributed by atoms with van der Waals surface area (Å²) in [5.41, 5.74) is 1.59. The molecule has 0 spiro atoms. The van der Waals surface area contributed by atoms with Gasteiger partial charge in [-0.3, -0.25) is 0 Å². The minimum atomic E-state index is 0.154. The van der Waals surface area contributed by atoms with Crippen molar-refractivity contribution >= 4 is 0 Å². The number of allylic oxidation sites excluding steroid dienone is 5. The van der Waals surface area contributed by atoms with Gasteiger partial charge in [0.15, 0.2) is 0 Å². The van der Waals surface area contributed by atoms with Crippen LogP contribution in [0, 0.1) is 11.3 Å². The van der Waals surface area contributed by atoms with Crippen molar-refractivity contribution in [2.75, 3.05) is 6.61 Å². The van der Waals surface area contributed by atoms with E-state index in [9.17, 15) is 0 Å². The van der Waals surface area contributed by atoms with Crippen LogP contribution in [0.3, 0.4) is 0 Å². The summed E-state index contributed by atoms with van der Waals surface area (Å²) in [6, 6.07) is 8.81. The molecular formula is C25H34O2. The zero-order chi connectivity index (χ0) is 19.3. The molecule has 2 aliphatic rings. The van der Waals surface area contributed by atoms with E-state index < -0.39 is 0 Å². The number of hydrogen-bond donors (Lipinski definition) is 0. The molecule has 3 rings (SSSR count). The highest BCUT2D eigenvalue weighted by atomic mass is 16.5. The first-order valence-electron chi connectivity index (χ1n) is 10.3. The van der Waals surface area contributed by atoms with Crippen LogP contribution in [0.2, 0.25) is 0 Å². The molecule has 2 aliphatic carbocycles. The lowest BCUT2D eigenvalue weighted by Gasteiger charge is -2.42. The second kappa shape index (κ2) is 8.82. The van der Waals surface area contributed by atoms with E-state index >= 15 is 0 Å². The van der Waals surface area contributed by atoms with Crippen LogP contribution < -0.4 is 4.74 Å². The maximum atomic E-state index is 6.27. The molecule has 0 aliphatic heterocycles. The van der Waals surface area contributed by atoms with E-state index in [1.165, 1.54) is 24.8 Å². The second-order valence-corrected chi connectivity index (χ2v) is 8.79. The molecule has 0 heterocycles. The number of rotatable bonds is 8. The van der Waals surface area contributed by atoms with E-state index in [2.05, 4.69) is 44.7 Å². The monoisotopic (exact) mass is 366 g/mol. The first-order chi connectivity index (χ1) is 13.0. The molecule has 0 N–H and O–H groups in total. The van der Waals surface area contributed by atoms with Crippen LogP contribution in [-0.4, -0.2) is 12.7 Å². The van der Waals surface area contributed by atoms with Gasteiger partial charge in [0.2, 0.25) is 0 Å². The summed E-state index contributed by atoms with van der Waals surface area (Å²) in [6.45, 7) is 11.3. The third-order valence-corrected chi connectivity index (χ3v) is 5.86. The van der Waals surface area contributed by atoms with E-state index in [0.717, 1.165) is 36.9 Å². The summed E-state index contributed by atoms with van der Waals surface area (Å²) in [5, 5.41) is 0. The highest BCUT2D eigenvalue weighted by molar-refractivity contribution is 5.30. The Labute approximate surface area is 165 Å².